The zero-order valence-electron chi connectivity index (χ0n) is 8.87. The van der Waals surface area contributed by atoms with Gasteiger partial charge in [0.1, 0.15) is 11.5 Å². The maximum Gasteiger partial charge on any atom is 0.273 e. The predicted molar refractivity (Wildman–Crippen MR) is 64.0 cm³/mol. The molecule has 5 heteroatoms. The lowest BCUT2D eigenvalue weighted by molar-refractivity contribution is -0.384. The molecule has 2 rings (SSSR count). The van der Waals surface area contributed by atoms with Gasteiger partial charge < -0.3 is 10.5 Å². The number of rotatable bonds is 3. The zero-order valence-corrected chi connectivity index (χ0v) is 8.87. The molecule has 0 unspecified atom stereocenters. The fraction of sp³-hybridized carbons (Fsp3) is 0. The molecule has 2 N–H and O–H groups in total. The number of nitrogens with zero attached hydrogens (tertiary/aromatic N) is 1. The third-order valence-electron chi connectivity index (χ3n) is 2.18. The second-order valence-electron chi connectivity index (χ2n) is 3.39. The quantitative estimate of drug-likeness (QED) is 0.499. The van der Waals surface area contributed by atoms with Gasteiger partial charge in [0, 0.05) is 6.07 Å². The van der Waals surface area contributed by atoms with Crippen LogP contribution in [0, 0.1) is 10.1 Å². The van der Waals surface area contributed by atoms with E-state index in [1.807, 2.05) is 0 Å². The van der Waals surface area contributed by atoms with E-state index in [0.29, 0.717) is 17.2 Å². The van der Waals surface area contributed by atoms with Crippen LogP contribution in [0.15, 0.2) is 48.5 Å². The number of nitro benzene ring substituents is 1. The number of nitrogen functional groups attached to an aromatic ring is 1. The van der Waals surface area contributed by atoms with Gasteiger partial charge >= 0.3 is 0 Å². The summed E-state index contributed by atoms with van der Waals surface area (Å²) >= 11 is 0. The minimum atomic E-state index is -0.471. The number of anilines is 1. The Bertz CT molecular complexity index is 555. The average Bonchev–Trinajstić information content (AvgIpc) is 2.32. The van der Waals surface area contributed by atoms with Gasteiger partial charge in [-0.25, -0.2) is 0 Å². The van der Waals surface area contributed by atoms with Crippen LogP contribution in [0.3, 0.4) is 0 Å². The number of ether oxygens (including phenoxy) is 1. The molecule has 0 aliphatic heterocycles. The first kappa shape index (κ1) is 10.9. The molecule has 0 spiro atoms. The highest BCUT2D eigenvalue weighted by molar-refractivity contribution is 5.54. The van der Waals surface area contributed by atoms with Crippen molar-refractivity contribution in [3.05, 3.63) is 58.6 Å². The van der Waals surface area contributed by atoms with Crippen molar-refractivity contribution in [1.29, 1.82) is 0 Å². The summed E-state index contributed by atoms with van der Waals surface area (Å²) < 4.78 is 5.47. The molecule has 5 nitrogen and oxygen atoms in total. The van der Waals surface area contributed by atoms with Gasteiger partial charge in [-0.15, -0.1) is 0 Å². The minimum absolute atomic E-state index is 0.0167. The first-order chi connectivity index (χ1) is 8.16. The SMILES string of the molecule is Nc1ccccc1Oc1cccc([N+](=O)[O-])c1. The Hall–Kier alpha value is -2.56. The molecule has 0 radical (unpaired) electrons. The van der Waals surface area contributed by atoms with Crippen LogP contribution < -0.4 is 10.5 Å². The molecule has 17 heavy (non-hydrogen) atoms. The number of nitro groups is 1. The van der Waals surface area contributed by atoms with Gasteiger partial charge in [-0.1, -0.05) is 18.2 Å². The third-order valence-corrected chi connectivity index (χ3v) is 2.18. The van der Waals surface area contributed by atoms with Gasteiger partial charge in [0.2, 0.25) is 0 Å². The van der Waals surface area contributed by atoms with Crippen LogP contribution in [-0.2, 0) is 0 Å². The number of para-hydroxylation sites is 2. The maximum atomic E-state index is 10.6. The smallest absolute Gasteiger partial charge is 0.273 e. The Morgan fingerprint density at radius 1 is 1.12 bits per heavy atom. The molecule has 0 heterocycles. The molecular weight excluding hydrogens is 220 g/mol. The van der Waals surface area contributed by atoms with Crippen molar-refractivity contribution in [3.8, 4) is 11.5 Å². The monoisotopic (exact) mass is 230 g/mol. The highest BCUT2D eigenvalue weighted by Gasteiger charge is 2.07. The standard InChI is InChI=1S/C12H10N2O3/c13-11-6-1-2-7-12(11)17-10-5-3-4-9(8-10)14(15)16/h1-8H,13H2. The zero-order chi connectivity index (χ0) is 12.3. The molecule has 0 amide bonds. The third kappa shape index (κ3) is 2.52. The summed E-state index contributed by atoms with van der Waals surface area (Å²) in [6.45, 7) is 0. The van der Waals surface area contributed by atoms with Crippen molar-refractivity contribution in [3.63, 3.8) is 0 Å². The van der Waals surface area contributed by atoms with Crippen molar-refractivity contribution in [1.82, 2.24) is 0 Å². The van der Waals surface area contributed by atoms with E-state index in [9.17, 15) is 10.1 Å². The fourth-order valence-electron chi connectivity index (χ4n) is 1.36. The molecule has 2 aromatic carbocycles. The molecule has 0 aliphatic carbocycles. The lowest BCUT2D eigenvalue weighted by Crippen LogP contribution is -1.92. The van der Waals surface area contributed by atoms with E-state index in [1.54, 1.807) is 36.4 Å². The maximum absolute atomic E-state index is 10.6. The van der Waals surface area contributed by atoms with Crippen LogP contribution >= 0.6 is 0 Å². The lowest BCUT2D eigenvalue weighted by atomic mass is 10.3. The molecule has 0 saturated heterocycles. The normalized spacial score (nSPS) is 9.88. The van der Waals surface area contributed by atoms with Gasteiger partial charge in [-0.3, -0.25) is 10.1 Å². The Morgan fingerprint density at radius 3 is 2.59 bits per heavy atom. The molecular formula is C12H10N2O3. The van der Waals surface area contributed by atoms with Gasteiger partial charge in [-0.05, 0) is 18.2 Å². The van der Waals surface area contributed by atoms with Crippen LogP contribution in [0.5, 0.6) is 11.5 Å². The number of non-ortho nitro benzene ring substituents is 1. The molecule has 0 atom stereocenters. The molecule has 0 aliphatic rings. The van der Waals surface area contributed by atoms with E-state index in [0.717, 1.165) is 0 Å². The van der Waals surface area contributed by atoms with E-state index >= 15 is 0 Å². The van der Waals surface area contributed by atoms with Crippen LogP contribution in [0.25, 0.3) is 0 Å². The molecule has 2 aromatic rings. The van der Waals surface area contributed by atoms with Crippen LogP contribution in [-0.4, -0.2) is 4.92 Å². The van der Waals surface area contributed by atoms with Gasteiger partial charge in [-0.2, -0.15) is 0 Å². The number of nitrogens with two attached hydrogens (primary N) is 1. The number of hydrogen-bond donors (Lipinski definition) is 1. The van der Waals surface area contributed by atoms with Crippen molar-refractivity contribution in [2.75, 3.05) is 5.73 Å². The highest BCUT2D eigenvalue weighted by Crippen LogP contribution is 2.28. The topological polar surface area (TPSA) is 78.4 Å². The van der Waals surface area contributed by atoms with Gasteiger partial charge in [0.25, 0.3) is 5.69 Å². The second kappa shape index (κ2) is 4.52. The average molecular weight is 230 g/mol. The molecule has 86 valence electrons. The molecule has 0 fully saturated rings. The van der Waals surface area contributed by atoms with Crippen molar-refractivity contribution in [2.45, 2.75) is 0 Å². The van der Waals surface area contributed by atoms with Crippen LogP contribution in [0.1, 0.15) is 0 Å². The van der Waals surface area contributed by atoms with Crippen molar-refractivity contribution in [2.24, 2.45) is 0 Å². The van der Waals surface area contributed by atoms with Gasteiger partial charge in [0.05, 0.1) is 16.7 Å². The molecule has 0 aromatic heterocycles. The Labute approximate surface area is 97.6 Å². The summed E-state index contributed by atoms with van der Waals surface area (Å²) in [7, 11) is 0. The largest absolute Gasteiger partial charge is 0.455 e. The summed E-state index contributed by atoms with van der Waals surface area (Å²) in [6, 6.07) is 12.9. The van der Waals surface area contributed by atoms with Crippen molar-refractivity contribution >= 4 is 11.4 Å². The Morgan fingerprint density at radius 2 is 1.88 bits per heavy atom. The van der Waals surface area contributed by atoms with E-state index in [4.69, 9.17) is 10.5 Å². The summed E-state index contributed by atoms with van der Waals surface area (Å²) in [4.78, 5) is 10.1. The number of hydrogen-bond acceptors (Lipinski definition) is 4. The summed E-state index contributed by atoms with van der Waals surface area (Å²) in [5.41, 5.74) is 6.18. The Balaban J connectivity index is 2.28. The van der Waals surface area contributed by atoms with Gasteiger partial charge in [0.15, 0.2) is 0 Å². The first-order valence-electron chi connectivity index (χ1n) is 4.93. The molecule has 0 bridgehead atoms. The summed E-state index contributed by atoms with van der Waals surface area (Å²) in [5, 5.41) is 10.6. The summed E-state index contributed by atoms with van der Waals surface area (Å²) in [6.07, 6.45) is 0. The highest BCUT2D eigenvalue weighted by atomic mass is 16.6. The fourth-order valence-corrected chi connectivity index (χ4v) is 1.36. The first-order valence-corrected chi connectivity index (χ1v) is 4.93. The van der Waals surface area contributed by atoms with Crippen LogP contribution in [0.2, 0.25) is 0 Å². The molecule has 0 saturated carbocycles. The van der Waals surface area contributed by atoms with Crippen LogP contribution in [0.4, 0.5) is 11.4 Å². The minimum Gasteiger partial charge on any atom is -0.455 e. The summed E-state index contributed by atoms with van der Waals surface area (Å²) in [5.74, 6) is 0.866. The van der Waals surface area contributed by atoms with E-state index in [2.05, 4.69) is 0 Å². The van der Waals surface area contributed by atoms with E-state index in [1.165, 1.54) is 12.1 Å². The predicted octanol–water partition coefficient (Wildman–Crippen LogP) is 2.97. The Kier molecular flexibility index (Phi) is 2.91. The van der Waals surface area contributed by atoms with E-state index in [-0.39, 0.29) is 5.69 Å². The second-order valence-corrected chi connectivity index (χ2v) is 3.39. The lowest BCUT2D eigenvalue weighted by Gasteiger charge is -2.07. The van der Waals surface area contributed by atoms with E-state index < -0.39 is 4.92 Å². The number of benzene rings is 2. The van der Waals surface area contributed by atoms with Crippen molar-refractivity contribution < 1.29 is 9.66 Å².